The van der Waals surface area contributed by atoms with Crippen LogP contribution in [-0.4, -0.2) is 39.0 Å². The summed E-state index contributed by atoms with van der Waals surface area (Å²) in [6, 6.07) is 10.8. The molecule has 0 aromatic heterocycles. The number of rotatable bonds is 8. The lowest BCUT2D eigenvalue weighted by Gasteiger charge is -2.27. The number of nitrogens with zero attached hydrogens (tertiary/aromatic N) is 1. The van der Waals surface area contributed by atoms with Crippen LogP contribution in [0, 0.1) is 5.82 Å². The molecule has 0 heterocycles. The fourth-order valence-electron chi connectivity index (χ4n) is 2.43. The van der Waals surface area contributed by atoms with E-state index in [2.05, 4.69) is 0 Å². The monoisotopic (exact) mass is 395 g/mol. The van der Waals surface area contributed by atoms with Crippen LogP contribution in [0.25, 0.3) is 0 Å². The molecule has 0 aliphatic heterocycles. The van der Waals surface area contributed by atoms with Crippen molar-refractivity contribution in [1.82, 2.24) is 4.90 Å². The number of hydrogen-bond acceptors (Lipinski definition) is 5. The number of carbonyl (C=O) groups excluding carboxylic acids is 1. The van der Waals surface area contributed by atoms with Gasteiger partial charge in [-0.3, -0.25) is 4.79 Å². The number of methoxy groups -OCH3 is 1. The predicted octanol–water partition coefficient (Wildman–Crippen LogP) is 2.98. The van der Waals surface area contributed by atoms with Crippen LogP contribution in [0.3, 0.4) is 0 Å². The van der Waals surface area contributed by atoms with Crippen molar-refractivity contribution in [2.24, 2.45) is 0 Å². The van der Waals surface area contributed by atoms with E-state index in [0.29, 0.717) is 5.56 Å². The van der Waals surface area contributed by atoms with E-state index in [-0.39, 0.29) is 35.7 Å². The number of ether oxygens (including phenoxy) is 1. The Balaban J connectivity index is 2.29. The van der Waals surface area contributed by atoms with Crippen molar-refractivity contribution in [3.63, 3.8) is 0 Å². The van der Waals surface area contributed by atoms with Crippen molar-refractivity contribution < 1.29 is 26.5 Å². The Morgan fingerprint density at radius 1 is 1.11 bits per heavy atom. The quantitative estimate of drug-likeness (QED) is 0.643. The van der Waals surface area contributed by atoms with E-state index in [4.69, 9.17) is 8.92 Å². The summed E-state index contributed by atoms with van der Waals surface area (Å²) < 4.78 is 48.2. The van der Waals surface area contributed by atoms with Gasteiger partial charge in [-0.25, -0.2) is 4.39 Å². The van der Waals surface area contributed by atoms with E-state index in [1.165, 1.54) is 13.2 Å². The molecular formula is C19H22FNO5S. The fourth-order valence-corrected chi connectivity index (χ4v) is 3.40. The standard InChI is InChI=1S/C19H22FNO5S/c1-14(2)21(19(22)13-25-3)12-15-6-4-5-7-18(15)26-27(23,24)17-10-8-16(20)9-11-17/h4-11,14H,12-13H2,1-3H3. The first-order valence-corrected chi connectivity index (χ1v) is 9.72. The number of halogens is 1. The Hall–Kier alpha value is -2.45. The van der Waals surface area contributed by atoms with Gasteiger partial charge in [0.05, 0.1) is 0 Å². The van der Waals surface area contributed by atoms with Gasteiger partial charge in [0.15, 0.2) is 0 Å². The maximum Gasteiger partial charge on any atom is 0.339 e. The molecule has 0 bridgehead atoms. The van der Waals surface area contributed by atoms with Crippen LogP contribution < -0.4 is 4.18 Å². The van der Waals surface area contributed by atoms with Gasteiger partial charge in [0, 0.05) is 25.3 Å². The summed E-state index contributed by atoms with van der Waals surface area (Å²) in [7, 11) is -2.70. The van der Waals surface area contributed by atoms with Crippen LogP contribution in [-0.2, 0) is 26.2 Å². The van der Waals surface area contributed by atoms with Gasteiger partial charge in [-0.05, 0) is 44.2 Å². The van der Waals surface area contributed by atoms with Crippen LogP contribution in [0.1, 0.15) is 19.4 Å². The number of benzene rings is 2. The molecular weight excluding hydrogens is 373 g/mol. The highest BCUT2D eigenvalue weighted by Crippen LogP contribution is 2.25. The average molecular weight is 395 g/mol. The fraction of sp³-hybridized carbons (Fsp3) is 0.316. The third kappa shape index (κ3) is 5.51. The Labute approximate surface area is 158 Å². The highest BCUT2D eigenvalue weighted by Gasteiger charge is 2.22. The van der Waals surface area contributed by atoms with E-state index in [0.717, 1.165) is 24.3 Å². The van der Waals surface area contributed by atoms with Crippen LogP contribution in [0.5, 0.6) is 5.75 Å². The topological polar surface area (TPSA) is 72.9 Å². The summed E-state index contributed by atoms with van der Waals surface area (Å²) in [5.74, 6) is -0.653. The predicted molar refractivity (Wildman–Crippen MR) is 98.2 cm³/mol. The van der Waals surface area contributed by atoms with E-state index >= 15 is 0 Å². The number of para-hydroxylation sites is 1. The molecule has 2 aromatic rings. The highest BCUT2D eigenvalue weighted by molar-refractivity contribution is 7.87. The molecule has 0 saturated carbocycles. The second kappa shape index (κ2) is 8.96. The lowest BCUT2D eigenvalue weighted by atomic mass is 10.1. The maximum absolute atomic E-state index is 13.0. The van der Waals surface area contributed by atoms with E-state index in [1.54, 1.807) is 23.1 Å². The zero-order chi connectivity index (χ0) is 20.0. The zero-order valence-corrected chi connectivity index (χ0v) is 16.2. The Morgan fingerprint density at radius 3 is 2.33 bits per heavy atom. The van der Waals surface area contributed by atoms with Gasteiger partial charge < -0.3 is 13.8 Å². The molecule has 0 saturated heterocycles. The summed E-state index contributed by atoms with van der Waals surface area (Å²) in [6.45, 7) is 3.79. The lowest BCUT2D eigenvalue weighted by molar-refractivity contribution is -0.137. The molecule has 0 fully saturated rings. The Bertz CT molecular complexity index is 881. The zero-order valence-electron chi connectivity index (χ0n) is 15.4. The minimum Gasteiger partial charge on any atom is -0.379 e. The third-order valence-corrected chi connectivity index (χ3v) is 5.08. The van der Waals surface area contributed by atoms with Crippen LogP contribution >= 0.6 is 0 Å². The molecule has 0 radical (unpaired) electrons. The normalized spacial score (nSPS) is 11.4. The van der Waals surface area contributed by atoms with E-state index in [9.17, 15) is 17.6 Å². The van der Waals surface area contributed by atoms with Gasteiger partial charge >= 0.3 is 10.1 Å². The molecule has 6 nitrogen and oxygen atoms in total. The molecule has 0 aliphatic rings. The summed E-state index contributed by atoms with van der Waals surface area (Å²) in [6.07, 6.45) is 0. The van der Waals surface area contributed by atoms with Crippen molar-refractivity contribution >= 4 is 16.0 Å². The minimum absolute atomic E-state index is 0.0743. The SMILES string of the molecule is COCC(=O)N(Cc1ccccc1OS(=O)(=O)c1ccc(F)cc1)C(C)C. The van der Waals surface area contributed by atoms with Crippen molar-refractivity contribution in [2.75, 3.05) is 13.7 Å². The molecule has 0 atom stereocenters. The van der Waals surface area contributed by atoms with Gasteiger partial charge in [-0.15, -0.1) is 0 Å². The summed E-state index contributed by atoms with van der Waals surface area (Å²) in [4.78, 5) is 13.7. The van der Waals surface area contributed by atoms with E-state index in [1.807, 2.05) is 13.8 Å². The molecule has 2 rings (SSSR count). The van der Waals surface area contributed by atoms with Crippen molar-refractivity contribution in [2.45, 2.75) is 31.3 Å². The highest BCUT2D eigenvalue weighted by atomic mass is 32.2. The molecule has 2 aromatic carbocycles. The summed E-state index contributed by atoms with van der Waals surface area (Å²) >= 11 is 0. The molecule has 0 N–H and O–H groups in total. The van der Waals surface area contributed by atoms with Crippen LogP contribution in [0.4, 0.5) is 4.39 Å². The second-order valence-electron chi connectivity index (χ2n) is 6.15. The number of hydrogen-bond donors (Lipinski definition) is 0. The Kier molecular flexibility index (Phi) is 6.92. The first-order valence-electron chi connectivity index (χ1n) is 8.31. The first kappa shape index (κ1) is 20.9. The minimum atomic E-state index is -4.13. The summed E-state index contributed by atoms with van der Waals surface area (Å²) in [5.41, 5.74) is 0.529. The third-order valence-electron chi connectivity index (χ3n) is 3.83. The van der Waals surface area contributed by atoms with Crippen molar-refractivity contribution in [3.8, 4) is 5.75 Å². The van der Waals surface area contributed by atoms with Crippen molar-refractivity contribution in [1.29, 1.82) is 0 Å². The maximum atomic E-state index is 13.0. The van der Waals surface area contributed by atoms with Gasteiger partial charge in [-0.1, -0.05) is 18.2 Å². The van der Waals surface area contributed by atoms with Crippen LogP contribution in [0.2, 0.25) is 0 Å². The molecule has 27 heavy (non-hydrogen) atoms. The molecule has 0 aliphatic carbocycles. The number of carbonyl (C=O) groups is 1. The smallest absolute Gasteiger partial charge is 0.339 e. The van der Waals surface area contributed by atoms with Gasteiger partial charge in [-0.2, -0.15) is 8.42 Å². The van der Waals surface area contributed by atoms with Gasteiger partial charge in [0.1, 0.15) is 23.1 Å². The van der Waals surface area contributed by atoms with Crippen LogP contribution in [0.15, 0.2) is 53.4 Å². The molecule has 1 amide bonds. The van der Waals surface area contributed by atoms with Gasteiger partial charge in [0.25, 0.3) is 0 Å². The van der Waals surface area contributed by atoms with Gasteiger partial charge in [0.2, 0.25) is 5.91 Å². The molecule has 146 valence electrons. The molecule has 8 heteroatoms. The lowest BCUT2D eigenvalue weighted by Crippen LogP contribution is -2.38. The number of amides is 1. The second-order valence-corrected chi connectivity index (χ2v) is 7.69. The van der Waals surface area contributed by atoms with E-state index < -0.39 is 15.9 Å². The Morgan fingerprint density at radius 2 is 1.74 bits per heavy atom. The summed E-state index contributed by atoms with van der Waals surface area (Å²) in [5, 5.41) is 0. The van der Waals surface area contributed by atoms with Crippen molar-refractivity contribution in [3.05, 3.63) is 59.9 Å². The molecule has 0 unspecified atom stereocenters. The average Bonchev–Trinajstić information content (AvgIpc) is 2.61. The first-order chi connectivity index (χ1) is 12.7. The largest absolute Gasteiger partial charge is 0.379 e. The molecule has 0 spiro atoms.